The lowest BCUT2D eigenvalue weighted by Gasteiger charge is -2.36. The van der Waals surface area contributed by atoms with Crippen LogP contribution in [0.15, 0.2) is 48.5 Å². The molecule has 10 heteroatoms. The Morgan fingerprint density at radius 1 is 0.933 bits per heavy atom. The van der Waals surface area contributed by atoms with Crippen LogP contribution in [0, 0.1) is 0 Å². The zero-order chi connectivity index (χ0) is 22.3. The van der Waals surface area contributed by atoms with Crippen LogP contribution in [0.5, 0.6) is 0 Å². The molecule has 0 unspecified atom stereocenters. The van der Waals surface area contributed by atoms with Crippen LogP contribution in [0.3, 0.4) is 0 Å². The lowest BCUT2D eigenvalue weighted by molar-refractivity contribution is -0.376. The van der Waals surface area contributed by atoms with E-state index in [1.807, 2.05) is 12.1 Å². The van der Waals surface area contributed by atoms with Crippen molar-refractivity contribution in [1.29, 1.82) is 0 Å². The molecule has 0 saturated heterocycles. The highest BCUT2D eigenvalue weighted by Gasteiger charge is 2.71. The van der Waals surface area contributed by atoms with Gasteiger partial charge in [0.2, 0.25) is 0 Å². The summed E-state index contributed by atoms with van der Waals surface area (Å²) in [4.78, 5) is 14.2. The number of amides is 1. The van der Waals surface area contributed by atoms with E-state index in [2.05, 4.69) is 0 Å². The van der Waals surface area contributed by atoms with Gasteiger partial charge in [-0.25, -0.2) is 0 Å². The SMILES string of the molecule is O=C(c1ccc(C(O)(C(F)(F)F)C(F)(F)F)cc1)N1Cc2ccccc2C[C@H]1CO. The molecule has 0 fully saturated rings. The van der Waals surface area contributed by atoms with Crippen LogP contribution in [-0.4, -0.2) is 46.0 Å². The van der Waals surface area contributed by atoms with Gasteiger partial charge in [0.05, 0.1) is 12.6 Å². The molecule has 162 valence electrons. The van der Waals surface area contributed by atoms with E-state index >= 15 is 0 Å². The van der Waals surface area contributed by atoms with E-state index in [-0.39, 0.29) is 18.7 Å². The smallest absolute Gasteiger partial charge is 0.394 e. The Balaban J connectivity index is 1.92. The molecule has 1 aliphatic rings. The Kier molecular flexibility index (Phi) is 5.59. The molecule has 0 aromatic heterocycles. The van der Waals surface area contributed by atoms with E-state index < -0.39 is 35.5 Å². The fraction of sp³-hybridized carbons (Fsp3) is 0.350. The molecule has 1 atom stereocenters. The lowest BCUT2D eigenvalue weighted by Crippen LogP contribution is -2.53. The highest BCUT2D eigenvalue weighted by molar-refractivity contribution is 5.94. The number of carbonyl (C=O) groups is 1. The van der Waals surface area contributed by atoms with Gasteiger partial charge in [-0.3, -0.25) is 4.79 Å². The number of aliphatic hydroxyl groups is 2. The average molecular weight is 433 g/mol. The maximum atomic E-state index is 13.0. The number of carbonyl (C=O) groups excluding carboxylic acids is 1. The minimum absolute atomic E-state index is 0.136. The van der Waals surface area contributed by atoms with Gasteiger partial charge in [-0.1, -0.05) is 36.4 Å². The lowest BCUT2D eigenvalue weighted by atomic mass is 9.90. The van der Waals surface area contributed by atoms with Crippen LogP contribution in [0.4, 0.5) is 26.3 Å². The van der Waals surface area contributed by atoms with E-state index in [0.717, 1.165) is 23.3 Å². The Labute approximate surface area is 167 Å². The van der Waals surface area contributed by atoms with Gasteiger partial charge in [0.1, 0.15) is 0 Å². The summed E-state index contributed by atoms with van der Waals surface area (Å²) in [5.74, 6) is -0.655. The molecule has 4 nitrogen and oxygen atoms in total. The van der Waals surface area contributed by atoms with Crippen molar-refractivity contribution in [3.05, 3.63) is 70.8 Å². The number of rotatable bonds is 3. The van der Waals surface area contributed by atoms with Crippen molar-refractivity contribution < 1.29 is 41.4 Å². The fourth-order valence-corrected chi connectivity index (χ4v) is 3.50. The first kappa shape index (κ1) is 22.1. The van der Waals surface area contributed by atoms with Crippen LogP contribution in [0.1, 0.15) is 27.0 Å². The second-order valence-electron chi connectivity index (χ2n) is 7.03. The van der Waals surface area contributed by atoms with E-state index in [9.17, 15) is 41.4 Å². The fourth-order valence-electron chi connectivity index (χ4n) is 3.50. The summed E-state index contributed by atoms with van der Waals surface area (Å²) >= 11 is 0. The number of benzene rings is 2. The summed E-state index contributed by atoms with van der Waals surface area (Å²) in [6.07, 6.45) is -11.6. The van der Waals surface area contributed by atoms with Gasteiger partial charge in [-0.2, -0.15) is 26.3 Å². The van der Waals surface area contributed by atoms with Gasteiger partial charge in [0.25, 0.3) is 11.5 Å². The third kappa shape index (κ3) is 3.65. The molecule has 30 heavy (non-hydrogen) atoms. The topological polar surface area (TPSA) is 60.8 Å². The first-order valence-electron chi connectivity index (χ1n) is 8.85. The zero-order valence-electron chi connectivity index (χ0n) is 15.3. The maximum Gasteiger partial charge on any atom is 0.430 e. The summed E-state index contributed by atoms with van der Waals surface area (Å²) in [7, 11) is 0. The molecular formula is C20H17F6NO3. The number of fused-ring (bicyclic) bond motifs is 1. The summed E-state index contributed by atoms with van der Waals surface area (Å²) in [5, 5.41) is 19.1. The van der Waals surface area contributed by atoms with Crippen LogP contribution in [0.2, 0.25) is 0 Å². The van der Waals surface area contributed by atoms with Crippen molar-refractivity contribution in [2.24, 2.45) is 0 Å². The van der Waals surface area contributed by atoms with Crippen molar-refractivity contribution in [1.82, 2.24) is 4.90 Å². The molecule has 1 amide bonds. The first-order valence-corrected chi connectivity index (χ1v) is 8.85. The minimum atomic E-state index is -6.00. The van der Waals surface area contributed by atoms with E-state index in [1.165, 1.54) is 4.90 Å². The van der Waals surface area contributed by atoms with Crippen molar-refractivity contribution in [3.8, 4) is 0 Å². The van der Waals surface area contributed by atoms with Crippen LogP contribution in [0.25, 0.3) is 0 Å². The summed E-state index contributed by atoms with van der Waals surface area (Å²) in [6, 6.07) is 9.10. The molecule has 2 N–H and O–H groups in total. The Morgan fingerprint density at radius 2 is 1.47 bits per heavy atom. The third-order valence-electron chi connectivity index (χ3n) is 5.20. The predicted molar refractivity (Wildman–Crippen MR) is 93.3 cm³/mol. The van der Waals surface area contributed by atoms with Crippen LogP contribution in [-0.2, 0) is 18.6 Å². The van der Waals surface area contributed by atoms with Gasteiger partial charge < -0.3 is 15.1 Å². The minimum Gasteiger partial charge on any atom is -0.394 e. The number of aliphatic hydroxyl groups excluding tert-OH is 1. The highest BCUT2D eigenvalue weighted by atomic mass is 19.4. The molecule has 0 radical (unpaired) electrons. The Bertz CT molecular complexity index is 909. The van der Waals surface area contributed by atoms with Crippen LogP contribution < -0.4 is 0 Å². The standard InChI is InChI=1S/C20H17F6NO3/c21-19(22,23)18(30,20(24,25)26)15-7-5-12(6-8-15)17(29)27-10-14-4-2-1-3-13(14)9-16(27)11-28/h1-8,16,28,30H,9-11H2/t16-/m0/s1. The second kappa shape index (κ2) is 7.59. The largest absolute Gasteiger partial charge is 0.430 e. The van der Waals surface area contributed by atoms with Crippen LogP contribution >= 0.6 is 0 Å². The predicted octanol–water partition coefficient (Wildman–Crippen LogP) is 3.56. The van der Waals surface area contributed by atoms with E-state index in [0.29, 0.717) is 18.6 Å². The van der Waals surface area contributed by atoms with Crippen molar-refractivity contribution >= 4 is 5.91 Å². The van der Waals surface area contributed by atoms with Crippen molar-refractivity contribution in [2.75, 3.05) is 6.61 Å². The summed E-state index contributed by atoms with van der Waals surface area (Å²) in [6.45, 7) is -0.225. The van der Waals surface area contributed by atoms with Gasteiger partial charge in [-0.15, -0.1) is 0 Å². The van der Waals surface area contributed by atoms with E-state index in [1.54, 1.807) is 12.1 Å². The normalized spacial score (nSPS) is 17.6. The molecule has 2 aromatic carbocycles. The molecule has 0 saturated carbocycles. The second-order valence-corrected chi connectivity index (χ2v) is 7.03. The molecule has 1 aliphatic heterocycles. The van der Waals surface area contributed by atoms with Gasteiger partial charge in [0, 0.05) is 17.7 Å². The number of hydrogen-bond donors (Lipinski definition) is 2. The average Bonchev–Trinajstić information content (AvgIpc) is 2.70. The molecule has 3 rings (SSSR count). The summed E-state index contributed by atoms with van der Waals surface area (Å²) in [5.41, 5.74) is -4.89. The van der Waals surface area contributed by atoms with Crippen molar-refractivity contribution in [2.45, 2.75) is 37.0 Å². The number of nitrogens with zero attached hydrogens (tertiary/aromatic N) is 1. The first-order chi connectivity index (χ1) is 13.9. The van der Waals surface area contributed by atoms with E-state index in [4.69, 9.17) is 0 Å². The quantitative estimate of drug-likeness (QED) is 0.728. The molecule has 0 bridgehead atoms. The molecule has 0 aliphatic carbocycles. The van der Waals surface area contributed by atoms with Gasteiger partial charge >= 0.3 is 12.4 Å². The monoisotopic (exact) mass is 433 g/mol. The Hall–Kier alpha value is -2.59. The Morgan fingerprint density at radius 3 is 1.97 bits per heavy atom. The zero-order valence-corrected chi connectivity index (χ0v) is 15.3. The van der Waals surface area contributed by atoms with Gasteiger partial charge in [-0.05, 0) is 29.7 Å². The molecule has 1 heterocycles. The number of hydrogen-bond acceptors (Lipinski definition) is 3. The van der Waals surface area contributed by atoms with Crippen molar-refractivity contribution in [3.63, 3.8) is 0 Å². The number of halogens is 6. The maximum absolute atomic E-state index is 13.0. The third-order valence-corrected chi connectivity index (χ3v) is 5.20. The number of alkyl halides is 6. The van der Waals surface area contributed by atoms with Gasteiger partial charge in [0.15, 0.2) is 0 Å². The highest BCUT2D eigenvalue weighted by Crippen LogP contribution is 2.50. The molecular weight excluding hydrogens is 416 g/mol. The molecule has 0 spiro atoms. The summed E-state index contributed by atoms with van der Waals surface area (Å²) < 4.78 is 78.0. The molecule has 2 aromatic rings.